The second-order valence-electron chi connectivity index (χ2n) is 3.85. The first-order chi connectivity index (χ1) is 7.16. The molecule has 15 heavy (non-hydrogen) atoms. The summed E-state index contributed by atoms with van der Waals surface area (Å²) in [5, 5.41) is 8.86. The Morgan fingerprint density at radius 3 is 2.93 bits per heavy atom. The standard InChI is InChI=1S/C11H14N2O2/c12-9-4-5-13(7-9)10-3-1-2-8(6-10)11(14)15/h1-3,6,9H,4-5,7,12H2,(H,14,15). The van der Waals surface area contributed by atoms with E-state index >= 15 is 0 Å². The van der Waals surface area contributed by atoms with E-state index < -0.39 is 5.97 Å². The van der Waals surface area contributed by atoms with Crippen molar-refractivity contribution < 1.29 is 9.90 Å². The summed E-state index contributed by atoms with van der Waals surface area (Å²) < 4.78 is 0. The van der Waals surface area contributed by atoms with E-state index in [1.807, 2.05) is 6.07 Å². The zero-order valence-corrected chi connectivity index (χ0v) is 8.39. The molecule has 2 rings (SSSR count). The molecule has 1 unspecified atom stereocenters. The average Bonchev–Trinajstić information content (AvgIpc) is 2.65. The van der Waals surface area contributed by atoms with Crippen molar-refractivity contribution in [3.8, 4) is 0 Å². The molecule has 1 aromatic carbocycles. The van der Waals surface area contributed by atoms with Crippen molar-refractivity contribution in [3.05, 3.63) is 29.8 Å². The van der Waals surface area contributed by atoms with Crippen molar-refractivity contribution >= 4 is 11.7 Å². The van der Waals surface area contributed by atoms with Crippen molar-refractivity contribution in [2.75, 3.05) is 18.0 Å². The van der Waals surface area contributed by atoms with Crippen LogP contribution < -0.4 is 10.6 Å². The molecule has 1 saturated heterocycles. The first-order valence-electron chi connectivity index (χ1n) is 5.00. The fourth-order valence-electron chi connectivity index (χ4n) is 1.86. The van der Waals surface area contributed by atoms with E-state index in [1.54, 1.807) is 18.2 Å². The predicted octanol–water partition coefficient (Wildman–Crippen LogP) is 0.922. The van der Waals surface area contributed by atoms with Gasteiger partial charge in [-0.2, -0.15) is 0 Å². The van der Waals surface area contributed by atoms with Gasteiger partial charge in [0.15, 0.2) is 0 Å². The SMILES string of the molecule is NC1CCN(c2cccc(C(=O)O)c2)C1. The topological polar surface area (TPSA) is 66.6 Å². The molecule has 1 fully saturated rings. The fourth-order valence-corrected chi connectivity index (χ4v) is 1.86. The Hall–Kier alpha value is -1.55. The van der Waals surface area contributed by atoms with Crippen LogP contribution in [-0.4, -0.2) is 30.2 Å². The lowest BCUT2D eigenvalue weighted by Crippen LogP contribution is -2.26. The molecule has 0 radical (unpaired) electrons. The lowest BCUT2D eigenvalue weighted by Gasteiger charge is -2.18. The molecule has 1 aliphatic heterocycles. The van der Waals surface area contributed by atoms with Crippen molar-refractivity contribution in [1.29, 1.82) is 0 Å². The average molecular weight is 206 g/mol. The van der Waals surface area contributed by atoms with E-state index in [0.717, 1.165) is 25.2 Å². The molecule has 80 valence electrons. The third-order valence-electron chi connectivity index (χ3n) is 2.68. The number of carbonyl (C=O) groups is 1. The number of carboxylic acid groups (broad SMARTS) is 1. The quantitative estimate of drug-likeness (QED) is 0.755. The van der Waals surface area contributed by atoms with E-state index in [9.17, 15) is 4.79 Å². The molecule has 1 aromatic rings. The zero-order chi connectivity index (χ0) is 10.8. The minimum atomic E-state index is -0.889. The van der Waals surface area contributed by atoms with Gasteiger partial charge in [-0.25, -0.2) is 4.79 Å². The summed E-state index contributed by atoms with van der Waals surface area (Å²) in [6, 6.07) is 7.19. The summed E-state index contributed by atoms with van der Waals surface area (Å²) in [6.07, 6.45) is 0.970. The van der Waals surface area contributed by atoms with Gasteiger partial charge in [0.05, 0.1) is 5.56 Å². The van der Waals surface area contributed by atoms with Gasteiger partial charge in [-0.3, -0.25) is 0 Å². The molecule has 0 aromatic heterocycles. The number of hydrogen-bond donors (Lipinski definition) is 2. The van der Waals surface area contributed by atoms with Crippen LogP contribution in [0.25, 0.3) is 0 Å². The Bertz CT molecular complexity index is 379. The molecule has 1 aliphatic rings. The predicted molar refractivity (Wildman–Crippen MR) is 58.2 cm³/mol. The molecule has 0 bridgehead atoms. The number of benzene rings is 1. The van der Waals surface area contributed by atoms with E-state index in [0.29, 0.717) is 5.56 Å². The Morgan fingerprint density at radius 1 is 1.53 bits per heavy atom. The summed E-state index contributed by atoms with van der Waals surface area (Å²) in [5.41, 5.74) is 7.08. The Labute approximate surface area is 88.3 Å². The second kappa shape index (κ2) is 3.90. The molecule has 1 heterocycles. The summed E-state index contributed by atoms with van der Waals surface area (Å²) in [5.74, 6) is -0.889. The molecule has 1 atom stereocenters. The largest absolute Gasteiger partial charge is 0.478 e. The van der Waals surface area contributed by atoms with E-state index in [-0.39, 0.29) is 6.04 Å². The zero-order valence-electron chi connectivity index (χ0n) is 8.39. The highest BCUT2D eigenvalue weighted by molar-refractivity contribution is 5.88. The lowest BCUT2D eigenvalue weighted by molar-refractivity contribution is 0.0697. The van der Waals surface area contributed by atoms with Crippen LogP contribution in [0.4, 0.5) is 5.69 Å². The van der Waals surface area contributed by atoms with Crippen LogP contribution >= 0.6 is 0 Å². The first kappa shape index (κ1) is 9.98. The Morgan fingerprint density at radius 2 is 2.33 bits per heavy atom. The number of nitrogens with two attached hydrogens (primary N) is 1. The third kappa shape index (κ3) is 2.10. The van der Waals surface area contributed by atoms with Crippen LogP contribution in [0.5, 0.6) is 0 Å². The third-order valence-corrected chi connectivity index (χ3v) is 2.68. The van der Waals surface area contributed by atoms with Crippen molar-refractivity contribution in [1.82, 2.24) is 0 Å². The van der Waals surface area contributed by atoms with Crippen molar-refractivity contribution in [2.24, 2.45) is 5.73 Å². The van der Waals surface area contributed by atoms with Gasteiger partial charge in [-0.15, -0.1) is 0 Å². The molecule has 3 N–H and O–H groups in total. The van der Waals surface area contributed by atoms with Gasteiger partial charge in [0.2, 0.25) is 0 Å². The molecule has 4 nitrogen and oxygen atoms in total. The highest BCUT2D eigenvalue weighted by Crippen LogP contribution is 2.20. The smallest absolute Gasteiger partial charge is 0.335 e. The molecule has 0 aliphatic carbocycles. The van der Waals surface area contributed by atoms with Crippen LogP contribution in [0.2, 0.25) is 0 Å². The van der Waals surface area contributed by atoms with Crippen LogP contribution in [0.15, 0.2) is 24.3 Å². The van der Waals surface area contributed by atoms with Gasteiger partial charge < -0.3 is 15.7 Å². The number of nitrogens with zero attached hydrogens (tertiary/aromatic N) is 1. The normalized spacial score (nSPS) is 20.6. The van der Waals surface area contributed by atoms with Gasteiger partial charge >= 0.3 is 5.97 Å². The number of anilines is 1. The van der Waals surface area contributed by atoms with Gasteiger partial charge in [0, 0.05) is 24.8 Å². The van der Waals surface area contributed by atoms with E-state index in [2.05, 4.69) is 4.90 Å². The fraction of sp³-hybridized carbons (Fsp3) is 0.364. The number of hydrogen-bond acceptors (Lipinski definition) is 3. The summed E-state index contributed by atoms with van der Waals surface area (Å²) >= 11 is 0. The van der Waals surface area contributed by atoms with Crippen molar-refractivity contribution in [3.63, 3.8) is 0 Å². The first-order valence-corrected chi connectivity index (χ1v) is 5.00. The van der Waals surface area contributed by atoms with Crippen LogP contribution in [0.1, 0.15) is 16.8 Å². The molecule has 0 amide bonds. The van der Waals surface area contributed by atoms with Gasteiger partial charge in [-0.05, 0) is 24.6 Å². The second-order valence-corrected chi connectivity index (χ2v) is 3.85. The van der Waals surface area contributed by atoms with Crippen LogP contribution in [0, 0.1) is 0 Å². The summed E-state index contributed by atoms with van der Waals surface area (Å²) in [6.45, 7) is 1.72. The van der Waals surface area contributed by atoms with Gasteiger partial charge in [0.1, 0.15) is 0 Å². The van der Waals surface area contributed by atoms with Gasteiger partial charge in [-0.1, -0.05) is 6.07 Å². The van der Waals surface area contributed by atoms with Crippen LogP contribution in [-0.2, 0) is 0 Å². The molecule has 0 spiro atoms. The van der Waals surface area contributed by atoms with Crippen LogP contribution in [0.3, 0.4) is 0 Å². The summed E-state index contributed by atoms with van der Waals surface area (Å²) in [4.78, 5) is 12.9. The van der Waals surface area contributed by atoms with Gasteiger partial charge in [0.25, 0.3) is 0 Å². The molecule has 0 saturated carbocycles. The maximum absolute atomic E-state index is 10.8. The number of aromatic carboxylic acids is 1. The molecular weight excluding hydrogens is 192 g/mol. The highest BCUT2D eigenvalue weighted by atomic mass is 16.4. The summed E-state index contributed by atoms with van der Waals surface area (Å²) in [7, 11) is 0. The lowest BCUT2D eigenvalue weighted by atomic mass is 10.2. The number of carboxylic acids is 1. The van der Waals surface area contributed by atoms with E-state index in [1.165, 1.54) is 0 Å². The maximum atomic E-state index is 10.8. The minimum Gasteiger partial charge on any atom is -0.478 e. The highest BCUT2D eigenvalue weighted by Gasteiger charge is 2.19. The van der Waals surface area contributed by atoms with Crippen molar-refractivity contribution in [2.45, 2.75) is 12.5 Å². The Kier molecular flexibility index (Phi) is 2.60. The number of rotatable bonds is 2. The monoisotopic (exact) mass is 206 g/mol. The Balaban J connectivity index is 2.21. The maximum Gasteiger partial charge on any atom is 0.335 e. The molecular formula is C11H14N2O2. The van der Waals surface area contributed by atoms with E-state index in [4.69, 9.17) is 10.8 Å². The molecule has 4 heteroatoms. The minimum absolute atomic E-state index is 0.207.